The lowest BCUT2D eigenvalue weighted by Crippen LogP contribution is -2.12. The molecular formula is C15H14N4O. The van der Waals surface area contributed by atoms with E-state index in [1.807, 2.05) is 25.1 Å². The number of nitrogen functional groups attached to an aromatic ring is 1. The Hall–Kier alpha value is -2.82. The number of aromatic amines is 1. The second-order valence-corrected chi connectivity index (χ2v) is 4.68. The fourth-order valence-corrected chi connectivity index (χ4v) is 2.12. The van der Waals surface area contributed by atoms with Crippen molar-refractivity contribution in [2.24, 2.45) is 0 Å². The second kappa shape index (κ2) is 4.70. The molecule has 20 heavy (non-hydrogen) atoms. The average molecular weight is 266 g/mol. The molecule has 4 N–H and O–H groups in total. The Morgan fingerprint density at radius 2 is 2.15 bits per heavy atom. The van der Waals surface area contributed by atoms with Gasteiger partial charge in [0, 0.05) is 29.0 Å². The van der Waals surface area contributed by atoms with E-state index in [9.17, 15) is 4.79 Å². The Morgan fingerprint density at radius 1 is 1.30 bits per heavy atom. The van der Waals surface area contributed by atoms with Crippen molar-refractivity contribution < 1.29 is 4.79 Å². The SMILES string of the molecule is Cc1ccnc(NC(=O)c2c[nH]c3cc(N)ccc23)c1. The zero-order chi connectivity index (χ0) is 14.1. The van der Waals surface area contributed by atoms with Gasteiger partial charge in [-0.15, -0.1) is 0 Å². The number of carbonyl (C=O) groups is 1. The van der Waals surface area contributed by atoms with Crippen LogP contribution in [0.2, 0.25) is 0 Å². The first-order valence-electron chi connectivity index (χ1n) is 6.24. The maximum Gasteiger partial charge on any atom is 0.258 e. The molecule has 3 rings (SSSR count). The minimum absolute atomic E-state index is 0.195. The summed E-state index contributed by atoms with van der Waals surface area (Å²) in [7, 11) is 0. The van der Waals surface area contributed by atoms with Crippen LogP contribution in [0.25, 0.3) is 10.9 Å². The fraction of sp³-hybridized carbons (Fsp3) is 0.0667. The van der Waals surface area contributed by atoms with Crippen molar-refractivity contribution in [3.8, 4) is 0 Å². The van der Waals surface area contributed by atoms with Crippen LogP contribution >= 0.6 is 0 Å². The number of rotatable bonds is 2. The van der Waals surface area contributed by atoms with Crippen molar-refractivity contribution >= 4 is 28.3 Å². The van der Waals surface area contributed by atoms with Crippen LogP contribution in [0.15, 0.2) is 42.7 Å². The number of pyridine rings is 1. The van der Waals surface area contributed by atoms with Crippen LogP contribution < -0.4 is 11.1 Å². The molecule has 0 aliphatic heterocycles. The number of nitrogens with one attached hydrogen (secondary N) is 2. The van der Waals surface area contributed by atoms with Gasteiger partial charge >= 0.3 is 0 Å². The van der Waals surface area contributed by atoms with Gasteiger partial charge in [-0.05, 0) is 42.8 Å². The van der Waals surface area contributed by atoms with Gasteiger partial charge in [0.15, 0.2) is 0 Å². The Balaban J connectivity index is 1.93. The number of fused-ring (bicyclic) bond motifs is 1. The normalized spacial score (nSPS) is 10.7. The third kappa shape index (κ3) is 2.21. The summed E-state index contributed by atoms with van der Waals surface area (Å²) in [6.45, 7) is 1.95. The van der Waals surface area contributed by atoms with Crippen LogP contribution in [0.4, 0.5) is 11.5 Å². The van der Waals surface area contributed by atoms with Crippen LogP contribution in [0, 0.1) is 6.92 Å². The molecule has 0 saturated heterocycles. The summed E-state index contributed by atoms with van der Waals surface area (Å²) in [5.74, 6) is 0.346. The van der Waals surface area contributed by atoms with Crippen LogP contribution in [0.1, 0.15) is 15.9 Å². The van der Waals surface area contributed by atoms with Crippen molar-refractivity contribution in [1.82, 2.24) is 9.97 Å². The molecule has 0 bridgehead atoms. The predicted octanol–water partition coefficient (Wildman–Crippen LogP) is 2.71. The number of aromatic nitrogens is 2. The highest BCUT2D eigenvalue weighted by molar-refractivity contribution is 6.12. The molecule has 1 aromatic carbocycles. The van der Waals surface area contributed by atoms with Gasteiger partial charge in [0.2, 0.25) is 0 Å². The van der Waals surface area contributed by atoms with Gasteiger partial charge in [-0.1, -0.05) is 0 Å². The van der Waals surface area contributed by atoms with Crippen LogP contribution in [0.3, 0.4) is 0 Å². The maximum atomic E-state index is 12.3. The zero-order valence-electron chi connectivity index (χ0n) is 11.0. The van der Waals surface area contributed by atoms with E-state index in [4.69, 9.17) is 5.73 Å². The van der Waals surface area contributed by atoms with E-state index in [0.29, 0.717) is 17.1 Å². The fourth-order valence-electron chi connectivity index (χ4n) is 2.12. The van der Waals surface area contributed by atoms with Gasteiger partial charge in [-0.2, -0.15) is 0 Å². The van der Waals surface area contributed by atoms with E-state index < -0.39 is 0 Å². The predicted molar refractivity (Wildman–Crippen MR) is 79.6 cm³/mol. The molecule has 0 spiro atoms. The van der Waals surface area contributed by atoms with E-state index in [2.05, 4.69) is 15.3 Å². The lowest BCUT2D eigenvalue weighted by atomic mass is 10.1. The smallest absolute Gasteiger partial charge is 0.258 e. The van der Waals surface area contributed by atoms with E-state index in [1.54, 1.807) is 24.5 Å². The number of aryl methyl sites for hydroxylation is 1. The zero-order valence-corrected chi connectivity index (χ0v) is 11.0. The number of amides is 1. The average Bonchev–Trinajstić information content (AvgIpc) is 2.81. The van der Waals surface area contributed by atoms with Crippen LogP contribution in [-0.4, -0.2) is 15.9 Å². The monoisotopic (exact) mass is 266 g/mol. The number of anilines is 2. The first-order chi connectivity index (χ1) is 9.63. The summed E-state index contributed by atoms with van der Waals surface area (Å²) in [5.41, 5.74) is 8.83. The van der Waals surface area contributed by atoms with E-state index in [-0.39, 0.29) is 5.91 Å². The van der Waals surface area contributed by atoms with Gasteiger partial charge in [-0.25, -0.2) is 4.98 Å². The number of carbonyl (C=O) groups excluding carboxylic acids is 1. The van der Waals surface area contributed by atoms with Crippen molar-refractivity contribution in [2.45, 2.75) is 6.92 Å². The highest BCUT2D eigenvalue weighted by Gasteiger charge is 2.12. The molecule has 3 aromatic rings. The van der Waals surface area contributed by atoms with Crippen molar-refractivity contribution in [1.29, 1.82) is 0 Å². The van der Waals surface area contributed by atoms with E-state index in [0.717, 1.165) is 16.5 Å². The Labute approximate surface area is 115 Å². The molecule has 0 aliphatic rings. The lowest BCUT2D eigenvalue weighted by Gasteiger charge is -2.04. The highest BCUT2D eigenvalue weighted by Crippen LogP contribution is 2.21. The van der Waals surface area contributed by atoms with Gasteiger partial charge in [0.25, 0.3) is 5.91 Å². The number of benzene rings is 1. The number of hydrogen-bond acceptors (Lipinski definition) is 3. The molecule has 0 atom stereocenters. The minimum Gasteiger partial charge on any atom is -0.399 e. The number of nitrogens with two attached hydrogens (primary N) is 1. The van der Waals surface area contributed by atoms with Crippen molar-refractivity contribution in [2.75, 3.05) is 11.1 Å². The number of hydrogen-bond donors (Lipinski definition) is 3. The highest BCUT2D eigenvalue weighted by atomic mass is 16.1. The molecule has 2 heterocycles. The number of H-pyrrole nitrogens is 1. The molecule has 1 amide bonds. The molecule has 100 valence electrons. The molecule has 0 radical (unpaired) electrons. The van der Waals surface area contributed by atoms with Crippen LogP contribution in [0.5, 0.6) is 0 Å². The van der Waals surface area contributed by atoms with Gasteiger partial charge < -0.3 is 16.0 Å². The third-order valence-electron chi connectivity index (χ3n) is 3.11. The topological polar surface area (TPSA) is 83.8 Å². The quantitative estimate of drug-likeness (QED) is 0.623. The maximum absolute atomic E-state index is 12.3. The molecule has 2 aromatic heterocycles. The Kier molecular flexibility index (Phi) is 2.87. The lowest BCUT2D eigenvalue weighted by molar-refractivity contribution is 0.102. The van der Waals surface area contributed by atoms with Crippen molar-refractivity contribution in [3.63, 3.8) is 0 Å². The first-order valence-corrected chi connectivity index (χ1v) is 6.24. The van der Waals surface area contributed by atoms with Gasteiger partial charge in [-0.3, -0.25) is 4.79 Å². The summed E-state index contributed by atoms with van der Waals surface area (Å²) in [6.07, 6.45) is 3.34. The van der Waals surface area contributed by atoms with Gasteiger partial charge in [0.1, 0.15) is 5.82 Å². The van der Waals surface area contributed by atoms with E-state index in [1.165, 1.54) is 0 Å². The van der Waals surface area contributed by atoms with Gasteiger partial charge in [0.05, 0.1) is 5.56 Å². The summed E-state index contributed by atoms with van der Waals surface area (Å²) >= 11 is 0. The molecule has 0 fully saturated rings. The Bertz CT molecular complexity index is 791. The number of nitrogens with zero attached hydrogens (tertiary/aromatic N) is 1. The van der Waals surface area contributed by atoms with Crippen LogP contribution in [-0.2, 0) is 0 Å². The summed E-state index contributed by atoms with van der Waals surface area (Å²) in [4.78, 5) is 19.5. The third-order valence-corrected chi connectivity index (χ3v) is 3.11. The second-order valence-electron chi connectivity index (χ2n) is 4.68. The molecule has 0 aliphatic carbocycles. The summed E-state index contributed by atoms with van der Waals surface area (Å²) in [5, 5.41) is 3.63. The van der Waals surface area contributed by atoms with Crippen molar-refractivity contribution in [3.05, 3.63) is 53.9 Å². The molecule has 0 saturated carbocycles. The van der Waals surface area contributed by atoms with E-state index >= 15 is 0 Å². The molecule has 5 heteroatoms. The standard InChI is InChI=1S/C15H14N4O/c1-9-4-5-17-14(6-9)19-15(20)12-8-18-13-7-10(16)2-3-11(12)13/h2-8,18H,16H2,1H3,(H,17,19,20). The largest absolute Gasteiger partial charge is 0.399 e. The summed E-state index contributed by atoms with van der Waals surface area (Å²) < 4.78 is 0. The molecule has 0 unspecified atom stereocenters. The minimum atomic E-state index is -0.195. The molecular weight excluding hydrogens is 252 g/mol. The Morgan fingerprint density at radius 3 is 2.95 bits per heavy atom. The summed E-state index contributed by atoms with van der Waals surface area (Å²) in [6, 6.07) is 9.11. The first kappa shape index (κ1) is 12.2. The molecule has 5 nitrogen and oxygen atoms in total.